The molecule has 0 bridgehead atoms. The van der Waals surface area contributed by atoms with Crippen LogP contribution in [-0.2, 0) is 0 Å². The van der Waals surface area contributed by atoms with Crippen LogP contribution in [0.1, 0.15) is 89.9 Å². The van der Waals surface area contributed by atoms with Gasteiger partial charge in [-0.1, -0.05) is 64.2 Å². The van der Waals surface area contributed by atoms with Crippen LogP contribution in [-0.4, -0.2) is 17.9 Å². The van der Waals surface area contributed by atoms with Crippen molar-refractivity contribution >= 4 is 0 Å². The van der Waals surface area contributed by atoms with E-state index in [-0.39, 0.29) is 6.23 Å². The number of aliphatic hydroxyl groups is 1. The molecule has 0 saturated heterocycles. The number of aliphatic hydroxyl groups excluding tert-OH is 1. The molecule has 0 amide bonds. The monoisotopic (exact) mass is 281 g/mol. The average Bonchev–Trinajstić information content (AvgIpc) is 2.36. The summed E-state index contributed by atoms with van der Waals surface area (Å²) in [6, 6.07) is 0. The minimum Gasteiger partial charge on any atom is -0.378 e. The van der Waals surface area contributed by atoms with E-state index in [2.05, 4.69) is 5.32 Å². The first-order valence-corrected chi connectivity index (χ1v) is 9.28. The van der Waals surface area contributed by atoms with Gasteiger partial charge in [0.15, 0.2) is 0 Å². The van der Waals surface area contributed by atoms with Crippen molar-refractivity contribution in [3.05, 3.63) is 0 Å². The SMILES string of the molecule is OC(NCC1CCCCCCC1)C1CCCCCCC1. The summed E-state index contributed by atoms with van der Waals surface area (Å²) in [7, 11) is 0. The Bertz CT molecular complexity index is 228. The molecule has 2 aliphatic carbocycles. The third kappa shape index (κ3) is 6.13. The molecular formula is C18H35NO. The van der Waals surface area contributed by atoms with Gasteiger partial charge in [0.1, 0.15) is 6.23 Å². The van der Waals surface area contributed by atoms with Crippen molar-refractivity contribution in [3.63, 3.8) is 0 Å². The van der Waals surface area contributed by atoms with Crippen molar-refractivity contribution in [2.45, 2.75) is 96.1 Å². The van der Waals surface area contributed by atoms with Crippen LogP contribution in [0.3, 0.4) is 0 Å². The van der Waals surface area contributed by atoms with Gasteiger partial charge in [0.05, 0.1) is 0 Å². The third-order valence-electron chi connectivity index (χ3n) is 5.44. The Balaban J connectivity index is 1.67. The van der Waals surface area contributed by atoms with Gasteiger partial charge in [-0.2, -0.15) is 0 Å². The fourth-order valence-corrected chi connectivity index (χ4v) is 4.00. The van der Waals surface area contributed by atoms with Gasteiger partial charge in [-0.3, -0.25) is 5.32 Å². The van der Waals surface area contributed by atoms with Crippen molar-refractivity contribution in [2.24, 2.45) is 11.8 Å². The first-order chi connectivity index (χ1) is 9.86. The highest BCUT2D eigenvalue weighted by Crippen LogP contribution is 2.25. The zero-order valence-corrected chi connectivity index (χ0v) is 13.3. The average molecular weight is 281 g/mol. The Morgan fingerprint density at radius 2 is 1.15 bits per heavy atom. The summed E-state index contributed by atoms with van der Waals surface area (Å²) in [6.07, 6.45) is 18.7. The zero-order valence-electron chi connectivity index (χ0n) is 13.3. The second-order valence-corrected chi connectivity index (χ2v) is 7.17. The first kappa shape index (κ1) is 16.3. The summed E-state index contributed by atoms with van der Waals surface area (Å²) in [6.45, 7) is 1.04. The molecule has 2 N–H and O–H groups in total. The van der Waals surface area contributed by atoms with Gasteiger partial charge in [0, 0.05) is 6.54 Å². The molecule has 1 atom stereocenters. The lowest BCUT2D eigenvalue weighted by atomic mass is 9.88. The molecule has 2 heteroatoms. The van der Waals surface area contributed by atoms with Gasteiger partial charge in [-0.15, -0.1) is 0 Å². The Morgan fingerprint density at radius 1 is 0.700 bits per heavy atom. The van der Waals surface area contributed by atoms with E-state index in [0.717, 1.165) is 12.5 Å². The topological polar surface area (TPSA) is 32.3 Å². The van der Waals surface area contributed by atoms with E-state index in [1.54, 1.807) is 0 Å². The molecule has 2 fully saturated rings. The fraction of sp³-hybridized carbons (Fsp3) is 1.00. The van der Waals surface area contributed by atoms with Crippen LogP contribution >= 0.6 is 0 Å². The first-order valence-electron chi connectivity index (χ1n) is 9.28. The predicted octanol–water partition coefficient (Wildman–Crippen LogP) is 4.62. The molecule has 0 radical (unpaired) electrons. The smallest absolute Gasteiger partial charge is 0.107 e. The molecule has 2 nitrogen and oxygen atoms in total. The lowest BCUT2D eigenvalue weighted by Gasteiger charge is -2.28. The molecule has 0 aliphatic heterocycles. The number of nitrogens with one attached hydrogen (secondary N) is 1. The molecule has 2 rings (SSSR count). The van der Waals surface area contributed by atoms with Crippen LogP contribution in [0.25, 0.3) is 0 Å². The highest BCUT2D eigenvalue weighted by molar-refractivity contribution is 4.73. The maximum Gasteiger partial charge on any atom is 0.107 e. The van der Waals surface area contributed by atoms with Gasteiger partial charge in [-0.05, 0) is 37.5 Å². The van der Waals surface area contributed by atoms with E-state index in [4.69, 9.17) is 0 Å². The van der Waals surface area contributed by atoms with Crippen molar-refractivity contribution in [1.82, 2.24) is 5.32 Å². The van der Waals surface area contributed by atoms with E-state index in [9.17, 15) is 5.11 Å². The maximum atomic E-state index is 10.4. The summed E-state index contributed by atoms with van der Waals surface area (Å²) >= 11 is 0. The molecule has 1 unspecified atom stereocenters. The second-order valence-electron chi connectivity index (χ2n) is 7.17. The summed E-state index contributed by atoms with van der Waals surface area (Å²) in [4.78, 5) is 0. The standard InChI is InChI=1S/C18H35NO/c20-18(17-13-9-5-2-6-10-14-17)19-15-16-11-7-3-1-4-8-12-16/h16-20H,1-15H2. The normalized spacial score (nSPS) is 26.2. The molecule has 0 spiro atoms. The van der Waals surface area contributed by atoms with E-state index in [0.29, 0.717) is 5.92 Å². The van der Waals surface area contributed by atoms with Gasteiger partial charge < -0.3 is 5.11 Å². The van der Waals surface area contributed by atoms with Gasteiger partial charge in [-0.25, -0.2) is 0 Å². The van der Waals surface area contributed by atoms with Crippen LogP contribution in [0, 0.1) is 11.8 Å². The van der Waals surface area contributed by atoms with Crippen LogP contribution in [0.5, 0.6) is 0 Å². The van der Waals surface area contributed by atoms with Crippen molar-refractivity contribution < 1.29 is 5.11 Å². The fourth-order valence-electron chi connectivity index (χ4n) is 4.00. The lowest BCUT2D eigenvalue weighted by Crippen LogP contribution is -2.39. The molecule has 0 aromatic carbocycles. The van der Waals surface area contributed by atoms with Crippen molar-refractivity contribution in [2.75, 3.05) is 6.54 Å². The Labute approximate surface area is 125 Å². The Kier molecular flexibility index (Phi) is 7.97. The van der Waals surface area contributed by atoms with Crippen LogP contribution in [0.4, 0.5) is 0 Å². The van der Waals surface area contributed by atoms with Crippen LogP contribution in [0.15, 0.2) is 0 Å². The number of hydrogen-bond donors (Lipinski definition) is 2. The minimum atomic E-state index is -0.251. The van der Waals surface area contributed by atoms with Gasteiger partial charge >= 0.3 is 0 Å². The quantitative estimate of drug-likeness (QED) is 0.737. The van der Waals surface area contributed by atoms with E-state index >= 15 is 0 Å². The van der Waals surface area contributed by atoms with E-state index in [1.807, 2.05) is 0 Å². The van der Waals surface area contributed by atoms with Crippen LogP contribution < -0.4 is 5.32 Å². The maximum absolute atomic E-state index is 10.4. The Morgan fingerprint density at radius 3 is 1.70 bits per heavy atom. The molecule has 2 saturated carbocycles. The van der Waals surface area contributed by atoms with Crippen molar-refractivity contribution in [3.8, 4) is 0 Å². The largest absolute Gasteiger partial charge is 0.378 e. The minimum absolute atomic E-state index is 0.251. The number of rotatable bonds is 4. The predicted molar refractivity (Wildman–Crippen MR) is 85.6 cm³/mol. The third-order valence-corrected chi connectivity index (χ3v) is 5.44. The van der Waals surface area contributed by atoms with Gasteiger partial charge in [0.25, 0.3) is 0 Å². The molecule has 20 heavy (non-hydrogen) atoms. The summed E-state index contributed by atoms with van der Waals surface area (Å²) in [5.74, 6) is 1.31. The molecule has 2 aliphatic rings. The highest BCUT2D eigenvalue weighted by atomic mass is 16.3. The zero-order chi connectivity index (χ0) is 14.0. The van der Waals surface area contributed by atoms with Crippen LogP contribution in [0.2, 0.25) is 0 Å². The van der Waals surface area contributed by atoms with E-state index in [1.165, 1.54) is 89.9 Å². The van der Waals surface area contributed by atoms with Crippen molar-refractivity contribution in [1.29, 1.82) is 0 Å². The number of hydrogen-bond acceptors (Lipinski definition) is 2. The summed E-state index contributed by atoms with van der Waals surface area (Å²) < 4.78 is 0. The summed E-state index contributed by atoms with van der Waals surface area (Å²) in [5.41, 5.74) is 0. The Hall–Kier alpha value is -0.0800. The second kappa shape index (κ2) is 9.78. The summed E-state index contributed by atoms with van der Waals surface area (Å²) in [5, 5.41) is 13.9. The molecule has 0 aromatic rings. The molecule has 0 heterocycles. The van der Waals surface area contributed by atoms with E-state index < -0.39 is 0 Å². The molecular weight excluding hydrogens is 246 g/mol. The lowest BCUT2D eigenvalue weighted by molar-refractivity contribution is 0.0556. The highest BCUT2D eigenvalue weighted by Gasteiger charge is 2.21. The van der Waals surface area contributed by atoms with Gasteiger partial charge in [0.2, 0.25) is 0 Å². The molecule has 0 aromatic heterocycles. The molecule has 118 valence electrons.